The molecule has 8 heteroatoms. The number of pyridine rings is 1. The van der Waals surface area contributed by atoms with Crippen LogP contribution >= 0.6 is 0 Å². The summed E-state index contributed by atoms with van der Waals surface area (Å²) in [5.41, 5.74) is 4.09. The topological polar surface area (TPSA) is 94.0 Å². The van der Waals surface area contributed by atoms with Gasteiger partial charge in [-0.25, -0.2) is 13.1 Å². The van der Waals surface area contributed by atoms with Gasteiger partial charge in [0.25, 0.3) is 0 Å². The number of benzene rings is 2. The van der Waals surface area contributed by atoms with Gasteiger partial charge in [-0.05, 0) is 67.6 Å². The summed E-state index contributed by atoms with van der Waals surface area (Å²) in [7, 11) is -3.37. The Bertz CT molecular complexity index is 1380. The highest BCUT2D eigenvalue weighted by Crippen LogP contribution is 2.24. The van der Waals surface area contributed by atoms with Crippen LogP contribution < -0.4 is 4.72 Å². The lowest BCUT2D eigenvalue weighted by molar-refractivity contribution is 0.104. The maximum Gasteiger partial charge on any atom is 0.232 e. The third kappa shape index (κ3) is 5.42. The first kappa shape index (κ1) is 22.2. The van der Waals surface area contributed by atoms with Crippen LogP contribution in [0.3, 0.4) is 0 Å². The predicted molar refractivity (Wildman–Crippen MR) is 130 cm³/mol. The molecule has 0 amide bonds. The summed E-state index contributed by atoms with van der Waals surface area (Å²) < 4.78 is 27.6. The smallest absolute Gasteiger partial charge is 0.232 e. The molecule has 0 aliphatic rings. The molecular weight excluding hydrogens is 436 g/mol. The zero-order valence-corrected chi connectivity index (χ0v) is 18.7. The van der Waals surface area contributed by atoms with Crippen LogP contribution in [0.4, 0.5) is 5.69 Å². The first-order valence-electron chi connectivity index (χ1n) is 10.3. The van der Waals surface area contributed by atoms with Gasteiger partial charge in [-0.15, -0.1) is 0 Å². The van der Waals surface area contributed by atoms with Crippen molar-refractivity contribution >= 4 is 27.6 Å². The highest BCUT2D eigenvalue weighted by molar-refractivity contribution is 7.92. The summed E-state index contributed by atoms with van der Waals surface area (Å²) in [6, 6.07) is 19.8. The number of hydrogen-bond acceptors (Lipinski definition) is 5. The van der Waals surface area contributed by atoms with Crippen molar-refractivity contribution in [2.75, 3.05) is 10.5 Å². The van der Waals surface area contributed by atoms with Crippen LogP contribution in [0.2, 0.25) is 0 Å². The fraction of sp³-hybridized carbons (Fsp3) is 0.0800. The van der Waals surface area contributed by atoms with E-state index in [0.29, 0.717) is 16.9 Å². The molecule has 166 valence electrons. The molecule has 7 nitrogen and oxygen atoms in total. The molecule has 0 bridgehead atoms. The average Bonchev–Trinajstić information content (AvgIpc) is 3.28. The van der Waals surface area contributed by atoms with Gasteiger partial charge in [0.15, 0.2) is 5.78 Å². The number of anilines is 1. The molecule has 4 rings (SSSR count). The fourth-order valence-corrected chi connectivity index (χ4v) is 3.80. The lowest BCUT2D eigenvalue weighted by Gasteiger charge is -2.06. The number of nitrogens with zero attached hydrogens (tertiary/aromatic N) is 3. The Morgan fingerprint density at radius 2 is 1.79 bits per heavy atom. The van der Waals surface area contributed by atoms with Crippen LogP contribution in [0, 0.1) is 0 Å². The van der Waals surface area contributed by atoms with Crippen LogP contribution in [-0.4, -0.2) is 34.7 Å². The van der Waals surface area contributed by atoms with E-state index in [1.165, 1.54) is 6.08 Å². The summed E-state index contributed by atoms with van der Waals surface area (Å²) in [5.74, 6) is -0.226. The maximum atomic E-state index is 12.7. The van der Waals surface area contributed by atoms with Gasteiger partial charge in [0, 0.05) is 41.0 Å². The number of hydrogen-bond donors (Lipinski definition) is 1. The van der Waals surface area contributed by atoms with Crippen LogP contribution in [0.15, 0.2) is 91.4 Å². The standard InChI is InChI=1S/C25H22N4O3S/c1-2-33(31,32)28-22-13-10-19(11-14-22)24(30)15-12-21-18-29(23-8-4-3-5-9-23)27-25(21)20-7-6-16-26-17-20/h3-18,28H,2H2,1H3/b15-12+. The van der Waals surface area contributed by atoms with E-state index in [4.69, 9.17) is 5.10 Å². The number of nitrogens with one attached hydrogen (secondary N) is 1. The van der Waals surface area contributed by atoms with Gasteiger partial charge in [0.2, 0.25) is 10.0 Å². The van der Waals surface area contributed by atoms with Gasteiger partial charge in [-0.2, -0.15) is 5.10 Å². The zero-order chi connectivity index (χ0) is 23.3. The van der Waals surface area contributed by atoms with Crippen LogP contribution in [0.25, 0.3) is 23.0 Å². The number of carbonyl (C=O) groups excluding carboxylic acids is 1. The van der Waals surface area contributed by atoms with E-state index in [9.17, 15) is 13.2 Å². The lowest BCUT2D eigenvalue weighted by Crippen LogP contribution is -2.14. The largest absolute Gasteiger partial charge is 0.289 e. The van der Waals surface area contributed by atoms with E-state index in [1.807, 2.05) is 48.7 Å². The van der Waals surface area contributed by atoms with Crippen molar-refractivity contribution in [3.05, 3.63) is 103 Å². The van der Waals surface area contributed by atoms with Gasteiger partial charge in [0.1, 0.15) is 5.69 Å². The molecule has 0 aliphatic carbocycles. The summed E-state index contributed by atoms with van der Waals surface area (Å²) in [4.78, 5) is 16.9. The Balaban J connectivity index is 1.60. The number of allylic oxidation sites excluding steroid dienone is 1. The molecule has 0 aliphatic heterocycles. The summed E-state index contributed by atoms with van der Waals surface area (Å²) in [5, 5.41) is 4.70. The molecule has 2 aromatic heterocycles. The van der Waals surface area contributed by atoms with E-state index < -0.39 is 10.0 Å². The zero-order valence-electron chi connectivity index (χ0n) is 17.9. The number of ketones is 1. The number of carbonyl (C=O) groups is 1. The Hall–Kier alpha value is -4.04. The summed E-state index contributed by atoms with van der Waals surface area (Å²) in [6.07, 6.45) is 8.50. The van der Waals surface area contributed by atoms with Crippen LogP contribution in [0.5, 0.6) is 0 Å². The van der Waals surface area contributed by atoms with E-state index in [1.54, 1.807) is 54.3 Å². The van der Waals surface area contributed by atoms with Crippen LogP contribution in [0.1, 0.15) is 22.8 Å². The predicted octanol–water partition coefficient (Wildman–Crippen LogP) is 4.59. The first-order chi connectivity index (χ1) is 15.9. The van der Waals surface area contributed by atoms with E-state index in [2.05, 4.69) is 9.71 Å². The quantitative estimate of drug-likeness (QED) is 0.308. The second kappa shape index (κ2) is 9.62. The van der Waals surface area contributed by atoms with Gasteiger partial charge in [0.05, 0.1) is 11.4 Å². The summed E-state index contributed by atoms with van der Waals surface area (Å²) >= 11 is 0. The van der Waals surface area contributed by atoms with Gasteiger partial charge < -0.3 is 0 Å². The molecule has 0 radical (unpaired) electrons. The number of para-hydroxylation sites is 1. The molecule has 0 saturated carbocycles. The minimum atomic E-state index is -3.37. The molecule has 0 fully saturated rings. The van der Waals surface area contributed by atoms with Gasteiger partial charge >= 0.3 is 0 Å². The van der Waals surface area contributed by atoms with Crippen LogP contribution in [-0.2, 0) is 10.0 Å². The van der Waals surface area contributed by atoms with Crippen molar-refractivity contribution in [2.45, 2.75) is 6.92 Å². The van der Waals surface area contributed by atoms with E-state index in [0.717, 1.165) is 16.8 Å². The molecule has 0 atom stereocenters. The Kier molecular flexibility index (Phi) is 6.46. The minimum absolute atomic E-state index is 0.0215. The highest BCUT2D eigenvalue weighted by atomic mass is 32.2. The number of aromatic nitrogens is 3. The van der Waals surface area contributed by atoms with E-state index in [-0.39, 0.29) is 11.5 Å². The van der Waals surface area contributed by atoms with Crippen molar-refractivity contribution < 1.29 is 13.2 Å². The second-order valence-corrected chi connectivity index (χ2v) is 9.25. The Morgan fingerprint density at radius 1 is 1.03 bits per heavy atom. The molecule has 1 N–H and O–H groups in total. The molecule has 0 saturated heterocycles. The van der Waals surface area contributed by atoms with Crippen molar-refractivity contribution in [1.29, 1.82) is 0 Å². The van der Waals surface area contributed by atoms with Crippen molar-refractivity contribution in [1.82, 2.24) is 14.8 Å². The van der Waals surface area contributed by atoms with Crippen molar-refractivity contribution in [3.8, 4) is 16.9 Å². The van der Waals surface area contributed by atoms with E-state index >= 15 is 0 Å². The average molecular weight is 459 g/mol. The SMILES string of the molecule is CCS(=O)(=O)Nc1ccc(C(=O)/C=C/c2cn(-c3ccccc3)nc2-c2cccnc2)cc1. The summed E-state index contributed by atoms with van der Waals surface area (Å²) in [6.45, 7) is 1.56. The van der Waals surface area contributed by atoms with Crippen molar-refractivity contribution in [2.24, 2.45) is 0 Å². The minimum Gasteiger partial charge on any atom is -0.289 e. The highest BCUT2D eigenvalue weighted by Gasteiger charge is 2.12. The fourth-order valence-electron chi connectivity index (χ4n) is 3.17. The normalized spacial score (nSPS) is 11.5. The molecular formula is C25H22N4O3S. The molecule has 2 heterocycles. The maximum absolute atomic E-state index is 12.7. The molecule has 4 aromatic rings. The third-order valence-electron chi connectivity index (χ3n) is 4.94. The Morgan fingerprint density at radius 3 is 2.45 bits per heavy atom. The van der Waals surface area contributed by atoms with Gasteiger partial charge in [-0.1, -0.05) is 18.2 Å². The monoisotopic (exact) mass is 458 g/mol. The molecule has 2 aromatic carbocycles. The van der Waals surface area contributed by atoms with Gasteiger partial charge in [-0.3, -0.25) is 14.5 Å². The molecule has 33 heavy (non-hydrogen) atoms. The third-order valence-corrected chi connectivity index (χ3v) is 6.24. The first-order valence-corrected chi connectivity index (χ1v) is 12.0. The van der Waals surface area contributed by atoms with Crippen molar-refractivity contribution in [3.63, 3.8) is 0 Å². The number of sulfonamides is 1. The Labute approximate surface area is 192 Å². The lowest BCUT2D eigenvalue weighted by atomic mass is 10.1. The molecule has 0 unspecified atom stereocenters. The number of rotatable bonds is 8. The molecule has 0 spiro atoms. The second-order valence-electron chi connectivity index (χ2n) is 7.24.